The Labute approximate surface area is 144 Å². The second-order valence-electron chi connectivity index (χ2n) is 6.34. The zero-order valence-corrected chi connectivity index (χ0v) is 14.6. The molecule has 1 aromatic carbocycles. The number of likely N-dealkylation sites (tertiary alicyclic amines) is 1. The third-order valence-electron chi connectivity index (χ3n) is 4.53. The van der Waals surface area contributed by atoms with Crippen LogP contribution in [0.4, 0.5) is 0 Å². The Morgan fingerprint density at radius 2 is 2.04 bits per heavy atom. The Balaban J connectivity index is 1.77. The molecule has 1 aliphatic heterocycles. The molecule has 0 radical (unpaired) electrons. The molecule has 0 spiro atoms. The minimum absolute atomic E-state index is 0.0727. The largest absolute Gasteiger partial charge is 0.396 e. The van der Waals surface area contributed by atoms with Crippen LogP contribution in [0.15, 0.2) is 24.3 Å². The minimum Gasteiger partial charge on any atom is -0.396 e. The van der Waals surface area contributed by atoms with Gasteiger partial charge in [-0.15, -0.1) is 0 Å². The number of hydrogen-bond acceptors (Lipinski definition) is 4. The highest BCUT2D eigenvalue weighted by atomic mass is 35.5. The predicted molar refractivity (Wildman–Crippen MR) is 92.7 cm³/mol. The fourth-order valence-electron chi connectivity index (χ4n) is 3.19. The van der Waals surface area contributed by atoms with Crippen molar-refractivity contribution in [1.82, 2.24) is 4.90 Å². The normalized spacial score (nSPS) is 22.0. The Bertz CT molecular complexity index is 452. The average Bonchev–Trinajstić information content (AvgIpc) is 2.55. The first-order valence-electron chi connectivity index (χ1n) is 8.50. The topological polar surface area (TPSA) is 52.9 Å². The van der Waals surface area contributed by atoms with Crippen molar-refractivity contribution in [3.05, 3.63) is 34.9 Å². The van der Waals surface area contributed by atoms with Crippen LogP contribution in [0.1, 0.15) is 44.3 Å². The summed E-state index contributed by atoms with van der Waals surface area (Å²) in [5.74, 6) is 0. The van der Waals surface area contributed by atoms with E-state index in [0.717, 1.165) is 31.4 Å². The monoisotopic (exact) mass is 341 g/mol. The van der Waals surface area contributed by atoms with Crippen molar-refractivity contribution < 1.29 is 14.9 Å². The number of halogens is 1. The molecule has 1 aromatic rings. The zero-order valence-electron chi connectivity index (χ0n) is 13.8. The molecule has 2 rings (SSSR count). The van der Waals surface area contributed by atoms with Crippen LogP contribution in [0.2, 0.25) is 5.02 Å². The van der Waals surface area contributed by atoms with Crippen molar-refractivity contribution in [2.45, 2.75) is 50.9 Å². The minimum atomic E-state index is -0.510. The van der Waals surface area contributed by atoms with Gasteiger partial charge in [0.2, 0.25) is 0 Å². The summed E-state index contributed by atoms with van der Waals surface area (Å²) in [5.41, 5.74) is 1.05. The zero-order chi connectivity index (χ0) is 16.7. The SMILES string of the molecule is C[C@@H](OC[C@@H](O)CN1CCCC[C@@H]1CCO)c1ccc(Cl)cc1. The van der Waals surface area contributed by atoms with E-state index < -0.39 is 6.10 Å². The maximum absolute atomic E-state index is 10.3. The molecule has 3 atom stereocenters. The summed E-state index contributed by atoms with van der Waals surface area (Å²) in [6.45, 7) is 4.10. The summed E-state index contributed by atoms with van der Waals surface area (Å²) in [5, 5.41) is 20.2. The summed E-state index contributed by atoms with van der Waals surface area (Å²) in [6, 6.07) is 7.97. The quantitative estimate of drug-likeness (QED) is 0.763. The van der Waals surface area contributed by atoms with Crippen molar-refractivity contribution in [2.75, 3.05) is 26.3 Å². The van der Waals surface area contributed by atoms with Gasteiger partial charge in [0.15, 0.2) is 0 Å². The van der Waals surface area contributed by atoms with Gasteiger partial charge in [-0.05, 0) is 50.4 Å². The van der Waals surface area contributed by atoms with Crippen molar-refractivity contribution in [3.8, 4) is 0 Å². The predicted octanol–water partition coefficient (Wildman–Crippen LogP) is 3.02. The van der Waals surface area contributed by atoms with Gasteiger partial charge in [-0.3, -0.25) is 4.90 Å². The lowest BCUT2D eigenvalue weighted by Gasteiger charge is -2.36. The lowest BCUT2D eigenvalue weighted by Crippen LogP contribution is -2.45. The van der Waals surface area contributed by atoms with Gasteiger partial charge in [0, 0.05) is 24.2 Å². The molecule has 0 saturated carbocycles. The van der Waals surface area contributed by atoms with Crippen LogP contribution in [0.5, 0.6) is 0 Å². The first-order valence-corrected chi connectivity index (χ1v) is 8.88. The van der Waals surface area contributed by atoms with Crippen LogP contribution in [-0.2, 0) is 4.74 Å². The van der Waals surface area contributed by atoms with E-state index in [1.54, 1.807) is 0 Å². The Morgan fingerprint density at radius 1 is 1.30 bits per heavy atom. The van der Waals surface area contributed by atoms with Crippen LogP contribution < -0.4 is 0 Å². The van der Waals surface area contributed by atoms with Gasteiger partial charge in [0.05, 0.1) is 18.8 Å². The smallest absolute Gasteiger partial charge is 0.0900 e. The molecule has 1 saturated heterocycles. The lowest BCUT2D eigenvalue weighted by molar-refractivity contribution is -0.0263. The summed E-state index contributed by atoms with van der Waals surface area (Å²) in [7, 11) is 0. The Hall–Kier alpha value is -0.650. The van der Waals surface area contributed by atoms with Crippen LogP contribution in [-0.4, -0.2) is 53.6 Å². The lowest BCUT2D eigenvalue weighted by atomic mass is 9.99. The van der Waals surface area contributed by atoms with Gasteiger partial charge in [-0.2, -0.15) is 0 Å². The number of hydrogen-bond donors (Lipinski definition) is 2. The van der Waals surface area contributed by atoms with Gasteiger partial charge < -0.3 is 14.9 Å². The van der Waals surface area contributed by atoms with Crippen molar-refractivity contribution in [3.63, 3.8) is 0 Å². The number of β-amino-alcohol motifs (C(OH)–C–C–N with tert-alkyl or cyclic N) is 1. The van der Waals surface area contributed by atoms with Gasteiger partial charge in [-0.25, -0.2) is 0 Å². The van der Waals surface area contributed by atoms with Gasteiger partial charge in [0.1, 0.15) is 0 Å². The second kappa shape index (κ2) is 9.60. The molecule has 0 bridgehead atoms. The molecule has 0 amide bonds. The van der Waals surface area contributed by atoms with Crippen LogP contribution >= 0.6 is 11.6 Å². The van der Waals surface area contributed by atoms with Crippen molar-refractivity contribution >= 4 is 11.6 Å². The summed E-state index contributed by atoms with van der Waals surface area (Å²) in [4.78, 5) is 2.29. The van der Waals surface area contributed by atoms with E-state index in [4.69, 9.17) is 21.4 Å². The number of piperidine rings is 1. The van der Waals surface area contributed by atoms with E-state index in [-0.39, 0.29) is 12.7 Å². The van der Waals surface area contributed by atoms with Crippen LogP contribution in [0.25, 0.3) is 0 Å². The fraction of sp³-hybridized carbons (Fsp3) is 0.667. The summed E-state index contributed by atoms with van der Waals surface area (Å²) >= 11 is 5.89. The number of nitrogens with zero attached hydrogens (tertiary/aromatic N) is 1. The molecule has 23 heavy (non-hydrogen) atoms. The molecule has 0 unspecified atom stereocenters. The van der Waals surface area contributed by atoms with Crippen LogP contribution in [0.3, 0.4) is 0 Å². The fourth-order valence-corrected chi connectivity index (χ4v) is 3.31. The van der Waals surface area contributed by atoms with E-state index in [1.807, 2.05) is 31.2 Å². The van der Waals surface area contributed by atoms with E-state index in [0.29, 0.717) is 24.2 Å². The van der Waals surface area contributed by atoms with E-state index >= 15 is 0 Å². The molecule has 0 aromatic heterocycles. The van der Waals surface area contributed by atoms with Crippen LogP contribution in [0, 0.1) is 0 Å². The number of rotatable bonds is 8. The highest BCUT2D eigenvalue weighted by Gasteiger charge is 2.24. The van der Waals surface area contributed by atoms with Gasteiger partial charge >= 0.3 is 0 Å². The number of aliphatic hydroxyl groups excluding tert-OH is 2. The van der Waals surface area contributed by atoms with Gasteiger partial charge in [0.25, 0.3) is 0 Å². The highest BCUT2D eigenvalue weighted by molar-refractivity contribution is 6.30. The Kier molecular flexibility index (Phi) is 7.80. The molecular formula is C18H28ClNO3. The first-order chi connectivity index (χ1) is 11.1. The molecule has 2 N–H and O–H groups in total. The third kappa shape index (κ3) is 6.05. The van der Waals surface area contributed by atoms with E-state index in [2.05, 4.69) is 4.90 Å². The van der Waals surface area contributed by atoms with Gasteiger partial charge in [-0.1, -0.05) is 30.2 Å². The molecule has 1 heterocycles. The van der Waals surface area contributed by atoms with E-state index in [1.165, 1.54) is 6.42 Å². The molecule has 4 nitrogen and oxygen atoms in total. The molecule has 0 aliphatic carbocycles. The summed E-state index contributed by atoms with van der Waals surface area (Å²) in [6.07, 6.45) is 3.68. The average molecular weight is 342 g/mol. The summed E-state index contributed by atoms with van der Waals surface area (Å²) < 4.78 is 5.80. The number of aliphatic hydroxyl groups is 2. The van der Waals surface area contributed by atoms with Crippen molar-refractivity contribution in [2.24, 2.45) is 0 Å². The number of ether oxygens (including phenoxy) is 1. The Morgan fingerprint density at radius 3 is 2.74 bits per heavy atom. The van der Waals surface area contributed by atoms with Crippen molar-refractivity contribution in [1.29, 1.82) is 0 Å². The van der Waals surface area contributed by atoms with E-state index in [9.17, 15) is 5.11 Å². The molecule has 130 valence electrons. The molecular weight excluding hydrogens is 314 g/mol. The third-order valence-corrected chi connectivity index (χ3v) is 4.79. The molecule has 1 aliphatic rings. The molecule has 1 fully saturated rings. The first kappa shape index (κ1) is 18.7. The molecule has 5 heteroatoms. The standard InChI is InChI=1S/C18H28ClNO3/c1-14(15-5-7-16(19)8-6-15)23-13-18(22)12-20-10-3-2-4-17(20)9-11-21/h5-8,14,17-18,21-22H,2-4,9-13H2,1H3/t14-,17-,18+/m1/s1. The maximum atomic E-state index is 10.3. The maximum Gasteiger partial charge on any atom is 0.0900 e. The highest BCUT2D eigenvalue weighted by Crippen LogP contribution is 2.21. The number of benzene rings is 1. The second-order valence-corrected chi connectivity index (χ2v) is 6.77.